The van der Waals surface area contributed by atoms with Crippen molar-refractivity contribution in [3.63, 3.8) is 0 Å². The van der Waals surface area contributed by atoms with Crippen LogP contribution in [0.5, 0.6) is 0 Å². The van der Waals surface area contributed by atoms with Crippen LogP contribution < -0.4 is 10.5 Å². The van der Waals surface area contributed by atoms with Crippen LogP contribution >= 0.6 is 0 Å². The predicted octanol–water partition coefficient (Wildman–Crippen LogP) is 1.81. The Labute approximate surface area is 121 Å². The molecular weight excluding hydrogens is 272 g/mol. The lowest BCUT2D eigenvalue weighted by atomic mass is 10.1. The van der Waals surface area contributed by atoms with E-state index in [-0.39, 0.29) is 17.8 Å². The molecule has 1 aromatic carbocycles. The van der Waals surface area contributed by atoms with Crippen molar-refractivity contribution in [2.24, 2.45) is 5.73 Å². The van der Waals surface area contributed by atoms with Crippen molar-refractivity contribution < 1.29 is 8.42 Å². The summed E-state index contributed by atoms with van der Waals surface area (Å²) in [6.07, 6.45) is 5.61. The van der Waals surface area contributed by atoms with Gasteiger partial charge in [-0.05, 0) is 24.8 Å². The lowest BCUT2D eigenvalue weighted by Gasteiger charge is -2.22. The zero-order chi connectivity index (χ0) is 14.4. The maximum absolute atomic E-state index is 12.2. The molecule has 4 nitrogen and oxygen atoms in total. The number of hydrogen-bond acceptors (Lipinski definition) is 3. The predicted molar refractivity (Wildman–Crippen MR) is 81.9 cm³/mol. The largest absolute Gasteiger partial charge is 0.326 e. The molecule has 0 heterocycles. The lowest BCUT2D eigenvalue weighted by Crippen LogP contribution is -2.47. The van der Waals surface area contributed by atoms with Gasteiger partial charge < -0.3 is 5.73 Å². The van der Waals surface area contributed by atoms with Crippen LogP contribution in [0.1, 0.15) is 37.7 Å². The van der Waals surface area contributed by atoms with Gasteiger partial charge >= 0.3 is 0 Å². The molecule has 5 heteroatoms. The maximum Gasteiger partial charge on any atom is 0.212 e. The van der Waals surface area contributed by atoms with E-state index < -0.39 is 10.0 Å². The quantitative estimate of drug-likeness (QED) is 0.814. The molecule has 0 aromatic heterocycles. The van der Waals surface area contributed by atoms with E-state index in [1.165, 1.54) is 0 Å². The number of sulfonamides is 1. The summed E-state index contributed by atoms with van der Waals surface area (Å²) in [6, 6.07) is 9.54. The van der Waals surface area contributed by atoms with E-state index >= 15 is 0 Å². The Hall–Kier alpha value is -0.910. The fraction of sp³-hybridized carbons (Fsp3) is 0.600. The van der Waals surface area contributed by atoms with Crippen LogP contribution in [0.25, 0.3) is 0 Å². The minimum absolute atomic E-state index is 0.0519. The highest BCUT2D eigenvalue weighted by atomic mass is 32.2. The van der Waals surface area contributed by atoms with Gasteiger partial charge in [0.1, 0.15) is 0 Å². The molecule has 1 aromatic rings. The Balaban J connectivity index is 1.89. The summed E-state index contributed by atoms with van der Waals surface area (Å²) in [7, 11) is -3.26. The van der Waals surface area contributed by atoms with Crippen LogP contribution in [0.4, 0.5) is 0 Å². The molecule has 0 spiro atoms. The first kappa shape index (κ1) is 15.5. The van der Waals surface area contributed by atoms with E-state index in [0.29, 0.717) is 6.42 Å². The van der Waals surface area contributed by atoms with Crippen molar-refractivity contribution in [1.82, 2.24) is 4.72 Å². The summed E-state index contributed by atoms with van der Waals surface area (Å²) in [5.41, 5.74) is 7.11. The van der Waals surface area contributed by atoms with E-state index in [9.17, 15) is 8.42 Å². The van der Waals surface area contributed by atoms with E-state index in [4.69, 9.17) is 5.73 Å². The summed E-state index contributed by atoms with van der Waals surface area (Å²) in [6.45, 7) is 0. The molecule has 0 bridgehead atoms. The van der Waals surface area contributed by atoms with Crippen molar-refractivity contribution in [3.05, 3.63) is 35.9 Å². The summed E-state index contributed by atoms with van der Waals surface area (Å²) in [5, 5.41) is 0. The van der Waals surface area contributed by atoms with Gasteiger partial charge in [-0.1, -0.05) is 49.6 Å². The number of benzene rings is 1. The number of aryl methyl sites for hydroxylation is 1. The molecule has 0 radical (unpaired) electrons. The molecule has 1 aliphatic carbocycles. The van der Waals surface area contributed by atoms with Crippen LogP contribution in [-0.2, 0) is 16.4 Å². The topological polar surface area (TPSA) is 72.2 Å². The zero-order valence-electron chi connectivity index (χ0n) is 11.8. The molecule has 20 heavy (non-hydrogen) atoms. The molecule has 112 valence electrons. The highest BCUT2D eigenvalue weighted by Gasteiger charge is 2.24. The van der Waals surface area contributed by atoms with Crippen LogP contribution in [0, 0.1) is 0 Å². The summed E-state index contributed by atoms with van der Waals surface area (Å²) in [4.78, 5) is 0. The SMILES string of the molecule is NC1CCCCCC1NS(=O)(=O)CCc1ccccc1. The van der Waals surface area contributed by atoms with Crippen molar-refractivity contribution in [2.75, 3.05) is 5.75 Å². The minimum Gasteiger partial charge on any atom is -0.326 e. The molecule has 0 aliphatic heterocycles. The standard InChI is InChI=1S/C15H24N2O2S/c16-14-9-5-2-6-10-15(14)17-20(18,19)12-11-13-7-3-1-4-8-13/h1,3-4,7-8,14-15,17H,2,5-6,9-12,16H2. The van der Waals surface area contributed by atoms with Crippen molar-refractivity contribution in [3.8, 4) is 0 Å². The minimum atomic E-state index is -3.26. The highest BCUT2D eigenvalue weighted by molar-refractivity contribution is 7.89. The molecule has 1 saturated carbocycles. The second-order valence-corrected chi connectivity index (χ2v) is 7.45. The van der Waals surface area contributed by atoms with Gasteiger partial charge in [0.05, 0.1) is 5.75 Å². The molecule has 1 fully saturated rings. The van der Waals surface area contributed by atoms with Gasteiger partial charge in [-0.2, -0.15) is 0 Å². The Morgan fingerprint density at radius 2 is 1.80 bits per heavy atom. The summed E-state index contributed by atoms with van der Waals surface area (Å²) in [5.74, 6) is 0.125. The van der Waals surface area contributed by atoms with E-state index in [1.54, 1.807) is 0 Å². The van der Waals surface area contributed by atoms with Gasteiger partial charge in [-0.25, -0.2) is 13.1 Å². The highest BCUT2D eigenvalue weighted by Crippen LogP contribution is 2.17. The fourth-order valence-corrected chi connectivity index (χ4v) is 4.05. The Kier molecular flexibility index (Phi) is 5.57. The van der Waals surface area contributed by atoms with Gasteiger partial charge in [0.2, 0.25) is 10.0 Å². The average Bonchev–Trinajstić information content (AvgIpc) is 2.63. The van der Waals surface area contributed by atoms with Gasteiger partial charge in [-0.15, -0.1) is 0 Å². The van der Waals surface area contributed by atoms with Gasteiger partial charge in [-0.3, -0.25) is 0 Å². The summed E-state index contributed by atoms with van der Waals surface area (Å²) >= 11 is 0. The molecule has 3 N–H and O–H groups in total. The molecule has 2 rings (SSSR count). The Morgan fingerprint density at radius 1 is 1.10 bits per heavy atom. The molecule has 2 atom stereocenters. The molecule has 1 aliphatic rings. The second kappa shape index (κ2) is 7.20. The Bertz CT molecular complexity index is 502. The monoisotopic (exact) mass is 296 g/mol. The van der Waals surface area contributed by atoms with Crippen LogP contribution in [0.2, 0.25) is 0 Å². The normalized spacial score (nSPS) is 24.2. The first-order valence-electron chi connectivity index (χ1n) is 7.36. The zero-order valence-corrected chi connectivity index (χ0v) is 12.6. The van der Waals surface area contributed by atoms with Crippen molar-refractivity contribution in [1.29, 1.82) is 0 Å². The van der Waals surface area contributed by atoms with Crippen molar-refractivity contribution >= 4 is 10.0 Å². The Morgan fingerprint density at radius 3 is 2.55 bits per heavy atom. The number of hydrogen-bond donors (Lipinski definition) is 2. The lowest BCUT2D eigenvalue weighted by molar-refractivity contribution is 0.456. The van der Waals surface area contributed by atoms with Crippen LogP contribution in [0.3, 0.4) is 0 Å². The van der Waals surface area contributed by atoms with Crippen LogP contribution in [-0.4, -0.2) is 26.3 Å². The molecule has 0 saturated heterocycles. The number of nitrogens with one attached hydrogen (secondary N) is 1. The van der Waals surface area contributed by atoms with Gasteiger partial charge in [0.25, 0.3) is 0 Å². The second-order valence-electron chi connectivity index (χ2n) is 5.58. The molecule has 0 amide bonds. The third-order valence-corrected chi connectivity index (χ3v) is 5.31. The molecular formula is C15H24N2O2S. The molecule has 2 unspecified atom stereocenters. The number of rotatable bonds is 5. The third kappa shape index (κ3) is 4.89. The summed E-state index contributed by atoms with van der Waals surface area (Å²) < 4.78 is 27.1. The van der Waals surface area contributed by atoms with Crippen LogP contribution in [0.15, 0.2) is 30.3 Å². The number of nitrogens with two attached hydrogens (primary N) is 1. The smallest absolute Gasteiger partial charge is 0.212 e. The maximum atomic E-state index is 12.2. The van der Waals surface area contributed by atoms with Gasteiger partial charge in [0.15, 0.2) is 0 Å². The van der Waals surface area contributed by atoms with Crippen molar-refractivity contribution in [2.45, 2.75) is 50.6 Å². The fourth-order valence-electron chi connectivity index (χ4n) is 2.67. The third-order valence-electron chi connectivity index (χ3n) is 3.90. The van der Waals surface area contributed by atoms with Gasteiger partial charge in [0, 0.05) is 12.1 Å². The van der Waals surface area contributed by atoms with E-state index in [1.807, 2.05) is 30.3 Å². The first-order chi connectivity index (χ1) is 9.57. The first-order valence-corrected chi connectivity index (χ1v) is 9.01. The van der Waals surface area contributed by atoms with E-state index in [0.717, 1.165) is 37.7 Å². The van der Waals surface area contributed by atoms with E-state index in [2.05, 4.69) is 4.72 Å². The average molecular weight is 296 g/mol.